The first-order chi connectivity index (χ1) is 11.0. The first kappa shape index (κ1) is 17.3. The van der Waals surface area contributed by atoms with Crippen molar-refractivity contribution in [1.29, 1.82) is 0 Å². The van der Waals surface area contributed by atoms with Crippen molar-refractivity contribution in [2.75, 3.05) is 13.6 Å². The van der Waals surface area contributed by atoms with Crippen molar-refractivity contribution in [1.82, 2.24) is 25.4 Å². The van der Waals surface area contributed by atoms with Gasteiger partial charge in [-0.3, -0.25) is 9.67 Å². The number of hydrogen-bond donors (Lipinski definition) is 2. The van der Waals surface area contributed by atoms with E-state index in [1.807, 2.05) is 16.9 Å². The number of nitrogens with one attached hydrogen (secondary N) is 2. The predicted molar refractivity (Wildman–Crippen MR) is 82.2 cm³/mol. The third kappa shape index (κ3) is 5.55. The quantitative estimate of drug-likeness (QED) is 0.478. The summed E-state index contributed by atoms with van der Waals surface area (Å²) in [6.07, 6.45) is 0.0456. The van der Waals surface area contributed by atoms with Gasteiger partial charge in [0, 0.05) is 37.9 Å². The molecule has 2 aromatic heterocycles. The van der Waals surface area contributed by atoms with Gasteiger partial charge < -0.3 is 10.6 Å². The number of aryl methyl sites for hydroxylation is 1. The first-order valence-corrected chi connectivity index (χ1v) is 7.80. The van der Waals surface area contributed by atoms with Crippen molar-refractivity contribution in [2.45, 2.75) is 25.7 Å². The smallest absolute Gasteiger partial charge is 0.356 e. The van der Waals surface area contributed by atoms with Crippen LogP contribution in [0.1, 0.15) is 17.1 Å². The summed E-state index contributed by atoms with van der Waals surface area (Å²) in [5.74, 6) is 0.522. The molecule has 0 saturated carbocycles. The molecule has 6 nitrogen and oxygen atoms in total. The van der Waals surface area contributed by atoms with E-state index < -0.39 is 11.9 Å². The van der Waals surface area contributed by atoms with Gasteiger partial charge >= 0.3 is 6.18 Å². The molecule has 2 heterocycles. The molecule has 0 aromatic carbocycles. The molecule has 0 saturated heterocycles. The van der Waals surface area contributed by atoms with Crippen LogP contribution in [-0.2, 0) is 19.3 Å². The van der Waals surface area contributed by atoms with E-state index >= 15 is 0 Å². The summed E-state index contributed by atoms with van der Waals surface area (Å²) >= 11 is 0.968. The maximum absolute atomic E-state index is 12.5. The van der Waals surface area contributed by atoms with Crippen LogP contribution in [0.5, 0.6) is 0 Å². The van der Waals surface area contributed by atoms with E-state index in [1.54, 1.807) is 13.2 Å². The second-order valence-corrected chi connectivity index (χ2v) is 5.54. The van der Waals surface area contributed by atoms with Crippen LogP contribution in [0.4, 0.5) is 13.2 Å². The second kappa shape index (κ2) is 7.95. The van der Waals surface area contributed by atoms with E-state index in [2.05, 4.69) is 25.7 Å². The lowest BCUT2D eigenvalue weighted by Gasteiger charge is -2.10. The highest BCUT2D eigenvalue weighted by atomic mass is 32.1. The standard InChI is InChI=1S/C13H17F3N6S/c1-17-12(18-4-2-6-22-7-3-5-20-22)19-8-11-21-10(9-23-11)13(14,15)16/h3,5,7,9H,2,4,6,8H2,1H3,(H2,17,18,19). The van der Waals surface area contributed by atoms with E-state index in [0.29, 0.717) is 17.5 Å². The molecular formula is C13H17F3N6S. The third-order valence-corrected chi connectivity index (χ3v) is 3.74. The molecule has 0 aliphatic rings. The average Bonchev–Trinajstić information content (AvgIpc) is 3.17. The Morgan fingerprint density at radius 1 is 1.39 bits per heavy atom. The van der Waals surface area contributed by atoms with Crippen LogP contribution in [0.3, 0.4) is 0 Å². The van der Waals surface area contributed by atoms with Gasteiger partial charge in [0.1, 0.15) is 5.01 Å². The number of aromatic nitrogens is 3. The molecule has 23 heavy (non-hydrogen) atoms. The number of nitrogens with zero attached hydrogens (tertiary/aromatic N) is 4. The summed E-state index contributed by atoms with van der Waals surface area (Å²) in [6, 6.07) is 1.86. The largest absolute Gasteiger partial charge is 0.434 e. The summed E-state index contributed by atoms with van der Waals surface area (Å²) in [7, 11) is 1.60. The molecule has 10 heteroatoms. The van der Waals surface area contributed by atoms with Crippen LogP contribution >= 0.6 is 11.3 Å². The Labute approximate surface area is 135 Å². The number of guanidine groups is 1. The SMILES string of the molecule is CN=C(NCCCn1cccn1)NCc1nc(C(F)(F)F)cs1. The van der Waals surface area contributed by atoms with E-state index in [-0.39, 0.29) is 6.54 Å². The first-order valence-electron chi connectivity index (χ1n) is 6.92. The van der Waals surface area contributed by atoms with Crippen LogP contribution in [-0.4, -0.2) is 34.3 Å². The van der Waals surface area contributed by atoms with Gasteiger partial charge in [-0.05, 0) is 12.5 Å². The van der Waals surface area contributed by atoms with Crippen molar-refractivity contribution in [3.05, 3.63) is 34.5 Å². The van der Waals surface area contributed by atoms with Crippen LogP contribution in [0.15, 0.2) is 28.8 Å². The van der Waals surface area contributed by atoms with E-state index in [4.69, 9.17) is 0 Å². The lowest BCUT2D eigenvalue weighted by molar-refractivity contribution is -0.140. The zero-order valence-corrected chi connectivity index (χ0v) is 13.3. The molecule has 2 N–H and O–H groups in total. The van der Waals surface area contributed by atoms with E-state index in [0.717, 1.165) is 29.7 Å². The fourth-order valence-corrected chi connectivity index (χ4v) is 2.52. The van der Waals surface area contributed by atoms with E-state index in [1.165, 1.54) is 0 Å². The lowest BCUT2D eigenvalue weighted by atomic mass is 10.4. The van der Waals surface area contributed by atoms with Crippen molar-refractivity contribution in [2.24, 2.45) is 4.99 Å². The predicted octanol–water partition coefficient (Wildman–Crippen LogP) is 2.11. The fraction of sp³-hybridized carbons (Fsp3) is 0.462. The van der Waals surface area contributed by atoms with Crippen LogP contribution < -0.4 is 10.6 Å². The van der Waals surface area contributed by atoms with Gasteiger partial charge in [-0.1, -0.05) is 0 Å². The highest BCUT2D eigenvalue weighted by Gasteiger charge is 2.33. The zero-order valence-electron chi connectivity index (χ0n) is 12.5. The van der Waals surface area contributed by atoms with Crippen LogP contribution in [0.2, 0.25) is 0 Å². The van der Waals surface area contributed by atoms with Gasteiger partial charge in [0.2, 0.25) is 0 Å². The topological polar surface area (TPSA) is 67.1 Å². The Kier molecular flexibility index (Phi) is 5.97. The summed E-state index contributed by atoms with van der Waals surface area (Å²) in [5.41, 5.74) is -0.860. The maximum Gasteiger partial charge on any atom is 0.434 e. The molecule has 0 amide bonds. The Bertz CT molecular complexity index is 620. The minimum absolute atomic E-state index is 0.194. The molecule has 0 aliphatic heterocycles. The minimum atomic E-state index is -4.40. The van der Waals surface area contributed by atoms with Crippen LogP contribution in [0, 0.1) is 0 Å². The molecule has 0 unspecified atom stereocenters. The monoisotopic (exact) mass is 346 g/mol. The number of alkyl halides is 3. The zero-order chi connectivity index (χ0) is 16.7. The Hall–Kier alpha value is -2.10. The normalized spacial score (nSPS) is 12.4. The van der Waals surface area contributed by atoms with Gasteiger partial charge in [-0.15, -0.1) is 11.3 Å². The number of aliphatic imine (C=N–C) groups is 1. The molecule has 0 radical (unpaired) electrons. The highest BCUT2D eigenvalue weighted by Crippen LogP contribution is 2.29. The fourth-order valence-electron chi connectivity index (χ4n) is 1.78. The van der Waals surface area contributed by atoms with Gasteiger partial charge in [0.15, 0.2) is 11.7 Å². The van der Waals surface area contributed by atoms with E-state index in [9.17, 15) is 13.2 Å². The minimum Gasteiger partial charge on any atom is -0.356 e. The number of thiazole rings is 1. The average molecular weight is 346 g/mol. The molecule has 126 valence electrons. The van der Waals surface area contributed by atoms with Gasteiger partial charge in [-0.25, -0.2) is 4.98 Å². The van der Waals surface area contributed by atoms with Gasteiger partial charge in [0.25, 0.3) is 0 Å². The number of halogens is 3. The Morgan fingerprint density at radius 3 is 2.83 bits per heavy atom. The van der Waals surface area contributed by atoms with Crippen molar-refractivity contribution in [3.8, 4) is 0 Å². The van der Waals surface area contributed by atoms with Gasteiger partial charge in [-0.2, -0.15) is 18.3 Å². The molecule has 0 bridgehead atoms. The molecule has 0 aliphatic carbocycles. The number of hydrogen-bond acceptors (Lipinski definition) is 4. The van der Waals surface area contributed by atoms with Crippen molar-refractivity contribution >= 4 is 17.3 Å². The number of rotatable bonds is 6. The van der Waals surface area contributed by atoms with Gasteiger partial charge in [0.05, 0.1) is 6.54 Å². The Balaban J connectivity index is 1.71. The summed E-state index contributed by atoms with van der Waals surface area (Å²) in [6.45, 7) is 1.64. The lowest BCUT2D eigenvalue weighted by Crippen LogP contribution is -2.37. The summed E-state index contributed by atoms with van der Waals surface area (Å²) in [5, 5.41) is 11.5. The molecule has 0 atom stereocenters. The van der Waals surface area contributed by atoms with Crippen molar-refractivity contribution < 1.29 is 13.2 Å². The summed E-state index contributed by atoms with van der Waals surface area (Å²) in [4.78, 5) is 7.57. The molecular weight excluding hydrogens is 329 g/mol. The molecule has 0 fully saturated rings. The molecule has 2 rings (SSSR count). The highest BCUT2D eigenvalue weighted by molar-refractivity contribution is 7.09. The summed E-state index contributed by atoms with van der Waals surface area (Å²) < 4.78 is 39.2. The maximum atomic E-state index is 12.5. The molecule has 2 aromatic rings. The second-order valence-electron chi connectivity index (χ2n) is 4.60. The van der Waals surface area contributed by atoms with Crippen LogP contribution in [0.25, 0.3) is 0 Å². The Morgan fingerprint density at radius 2 is 2.22 bits per heavy atom. The third-order valence-electron chi connectivity index (χ3n) is 2.89. The molecule has 0 spiro atoms. The van der Waals surface area contributed by atoms with Crippen molar-refractivity contribution in [3.63, 3.8) is 0 Å².